The molecule has 1 fully saturated rings. The molecule has 1 aliphatic rings. The van der Waals surface area contributed by atoms with Crippen LogP contribution < -0.4 is 0 Å². The molecule has 2 unspecified atom stereocenters. The normalized spacial score (nSPS) is 30.7. The van der Waals surface area contributed by atoms with Crippen molar-refractivity contribution in [3.05, 3.63) is 0 Å². The maximum atomic E-state index is 10.7. The molecule has 1 N–H and O–H groups in total. The molecule has 0 aromatic carbocycles. The summed E-state index contributed by atoms with van der Waals surface area (Å²) in [6, 6.07) is 0. The topological polar surface area (TPSA) is 37.3 Å². The molecule has 0 aromatic rings. The maximum absolute atomic E-state index is 10.7. The standard InChI is InChI=1S/C7H12O2S2/c1-5(9)11-7-2-6(3-8)10-4-7/h6-8H,2-4H2,1H3. The van der Waals surface area contributed by atoms with Gasteiger partial charge in [0.15, 0.2) is 5.12 Å². The lowest BCUT2D eigenvalue weighted by atomic mass is 10.2. The molecule has 2 nitrogen and oxygen atoms in total. The minimum atomic E-state index is 0.189. The molecule has 1 saturated heterocycles. The molecule has 1 aliphatic heterocycles. The molecule has 0 aromatic heterocycles. The lowest BCUT2D eigenvalue weighted by molar-refractivity contribution is -0.109. The largest absolute Gasteiger partial charge is 0.395 e. The molecule has 0 bridgehead atoms. The van der Waals surface area contributed by atoms with Crippen molar-refractivity contribution in [1.29, 1.82) is 0 Å². The van der Waals surface area contributed by atoms with Crippen molar-refractivity contribution in [2.24, 2.45) is 0 Å². The number of rotatable bonds is 2. The molecule has 0 aliphatic carbocycles. The molecular formula is C7H12O2S2. The van der Waals surface area contributed by atoms with Crippen LogP contribution in [0.15, 0.2) is 0 Å². The Labute approximate surface area is 75.1 Å². The minimum absolute atomic E-state index is 0.189. The van der Waals surface area contributed by atoms with Crippen molar-refractivity contribution < 1.29 is 9.90 Å². The number of thioether (sulfide) groups is 2. The van der Waals surface area contributed by atoms with Gasteiger partial charge in [-0.05, 0) is 6.42 Å². The van der Waals surface area contributed by atoms with Crippen LogP contribution in [0.5, 0.6) is 0 Å². The Hall–Kier alpha value is 0.330. The first-order valence-corrected chi connectivity index (χ1v) is 5.55. The van der Waals surface area contributed by atoms with Crippen LogP contribution >= 0.6 is 23.5 Å². The van der Waals surface area contributed by atoms with Gasteiger partial charge in [0, 0.05) is 23.2 Å². The summed E-state index contributed by atoms with van der Waals surface area (Å²) in [5.74, 6) is 1.01. The van der Waals surface area contributed by atoms with Crippen molar-refractivity contribution >= 4 is 28.6 Å². The van der Waals surface area contributed by atoms with E-state index < -0.39 is 0 Å². The Morgan fingerprint density at radius 3 is 3.00 bits per heavy atom. The molecular weight excluding hydrogens is 180 g/mol. The fraction of sp³-hybridized carbons (Fsp3) is 0.857. The van der Waals surface area contributed by atoms with Crippen LogP contribution in [0.2, 0.25) is 0 Å². The molecule has 4 heteroatoms. The second-order valence-corrected chi connectivity index (χ2v) is 5.42. The van der Waals surface area contributed by atoms with E-state index in [4.69, 9.17) is 5.11 Å². The highest BCUT2D eigenvalue weighted by molar-refractivity contribution is 8.15. The summed E-state index contributed by atoms with van der Waals surface area (Å²) in [4.78, 5) is 10.7. The number of carbonyl (C=O) groups is 1. The zero-order valence-electron chi connectivity index (χ0n) is 6.45. The van der Waals surface area contributed by atoms with E-state index >= 15 is 0 Å². The highest BCUT2D eigenvalue weighted by Gasteiger charge is 2.25. The predicted octanol–water partition coefficient (Wildman–Crippen LogP) is 1.13. The molecule has 1 heterocycles. The van der Waals surface area contributed by atoms with E-state index in [9.17, 15) is 4.79 Å². The van der Waals surface area contributed by atoms with Crippen LogP contribution in [-0.2, 0) is 4.79 Å². The SMILES string of the molecule is CC(=O)SC1CSC(CO)C1. The van der Waals surface area contributed by atoms with E-state index in [2.05, 4.69) is 0 Å². The summed E-state index contributed by atoms with van der Waals surface area (Å²) in [7, 11) is 0. The molecule has 0 spiro atoms. The van der Waals surface area contributed by atoms with Gasteiger partial charge in [0.2, 0.25) is 0 Å². The third-order valence-electron chi connectivity index (χ3n) is 1.58. The quantitative estimate of drug-likeness (QED) is 0.712. The van der Waals surface area contributed by atoms with E-state index in [1.807, 2.05) is 0 Å². The summed E-state index contributed by atoms with van der Waals surface area (Å²) in [6.07, 6.45) is 0.978. The monoisotopic (exact) mass is 192 g/mol. The Bertz CT molecular complexity index is 149. The van der Waals surface area contributed by atoms with Crippen molar-refractivity contribution in [1.82, 2.24) is 0 Å². The Balaban J connectivity index is 2.24. The molecule has 2 atom stereocenters. The zero-order valence-corrected chi connectivity index (χ0v) is 8.08. The van der Waals surface area contributed by atoms with Crippen molar-refractivity contribution in [2.75, 3.05) is 12.4 Å². The van der Waals surface area contributed by atoms with Gasteiger partial charge in [-0.3, -0.25) is 4.79 Å². The first-order valence-electron chi connectivity index (χ1n) is 3.62. The highest BCUT2D eigenvalue weighted by atomic mass is 32.2. The first-order chi connectivity index (χ1) is 5.22. The van der Waals surface area contributed by atoms with E-state index in [1.54, 1.807) is 18.7 Å². The molecule has 0 saturated carbocycles. The van der Waals surface area contributed by atoms with Crippen LogP contribution in [0, 0.1) is 0 Å². The van der Waals surface area contributed by atoms with Crippen LogP contribution in [0.1, 0.15) is 13.3 Å². The van der Waals surface area contributed by atoms with Gasteiger partial charge in [0.25, 0.3) is 0 Å². The number of aliphatic hydroxyl groups is 1. The number of aliphatic hydroxyl groups excluding tert-OH is 1. The van der Waals surface area contributed by atoms with E-state index in [-0.39, 0.29) is 11.7 Å². The van der Waals surface area contributed by atoms with Crippen molar-refractivity contribution in [3.63, 3.8) is 0 Å². The van der Waals surface area contributed by atoms with Gasteiger partial charge in [-0.1, -0.05) is 11.8 Å². The summed E-state index contributed by atoms with van der Waals surface area (Å²) in [5, 5.41) is 9.80. The first kappa shape index (κ1) is 9.42. The van der Waals surface area contributed by atoms with Gasteiger partial charge in [-0.15, -0.1) is 0 Å². The van der Waals surface area contributed by atoms with Crippen LogP contribution in [0.4, 0.5) is 0 Å². The second kappa shape index (κ2) is 4.38. The van der Waals surface area contributed by atoms with Gasteiger partial charge in [-0.25, -0.2) is 0 Å². The lowest BCUT2D eigenvalue weighted by Crippen LogP contribution is -2.08. The van der Waals surface area contributed by atoms with E-state index in [0.717, 1.165) is 12.2 Å². The van der Waals surface area contributed by atoms with Gasteiger partial charge in [0.05, 0.1) is 6.61 Å². The van der Waals surface area contributed by atoms with E-state index in [0.29, 0.717) is 10.5 Å². The summed E-state index contributed by atoms with van der Waals surface area (Å²) >= 11 is 3.18. The highest BCUT2D eigenvalue weighted by Crippen LogP contribution is 2.33. The average molecular weight is 192 g/mol. The molecule has 0 amide bonds. The van der Waals surface area contributed by atoms with Gasteiger partial charge < -0.3 is 5.11 Å². The third kappa shape index (κ3) is 3.05. The number of hydrogen-bond acceptors (Lipinski definition) is 4. The molecule has 0 radical (unpaired) electrons. The van der Waals surface area contributed by atoms with Gasteiger partial charge >= 0.3 is 0 Å². The Kier molecular flexibility index (Phi) is 3.75. The predicted molar refractivity (Wildman–Crippen MR) is 50.0 cm³/mol. The number of hydrogen-bond donors (Lipinski definition) is 1. The second-order valence-electron chi connectivity index (χ2n) is 2.61. The summed E-state index contributed by atoms with van der Waals surface area (Å²) < 4.78 is 0. The van der Waals surface area contributed by atoms with Gasteiger partial charge in [-0.2, -0.15) is 11.8 Å². The maximum Gasteiger partial charge on any atom is 0.186 e. The third-order valence-corrected chi connectivity index (χ3v) is 4.22. The fourth-order valence-corrected chi connectivity index (χ4v) is 3.64. The number of carbonyl (C=O) groups excluding carboxylic acids is 1. The van der Waals surface area contributed by atoms with E-state index in [1.165, 1.54) is 11.8 Å². The lowest BCUT2D eigenvalue weighted by Gasteiger charge is -2.04. The van der Waals surface area contributed by atoms with Crippen molar-refractivity contribution in [3.8, 4) is 0 Å². The average Bonchev–Trinajstić information content (AvgIpc) is 2.34. The Morgan fingerprint density at radius 2 is 2.55 bits per heavy atom. The smallest absolute Gasteiger partial charge is 0.186 e. The van der Waals surface area contributed by atoms with Gasteiger partial charge in [0.1, 0.15) is 0 Å². The van der Waals surface area contributed by atoms with Crippen LogP contribution in [0.3, 0.4) is 0 Å². The fourth-order valence-electron chi connectivity index (χ4n) is 1.12. The molecule has 64 valence electrons. The molecule has 11 heavy (non-hydrogen) atoms. The summed E-state index contributed by atoms with van der Waals surface area (Å²) in [6.45, 7) is 1.85. The van der Waals surface area contributed by atoms with Crippen molar-refractivity contribution in [2.45, 2.75) is 23.8 Å². The molecule has 1 rings (SSSR count). The summed E-state index contributed by atoms with van der Waals surface area (Å²) in [5.41, 5.74) is 0. The van der Waals surface area contributed by atoms with Crippen LogP contribution in [0.25, 0.3) is 0 Å². The van der Waals surface area contributed by atoms with Crippen LogP contribution in [-0.4, -0.2) is 33.1 Å². The zero-order chi connectivity index (χ0) is 8.27. The Morgan fingerprint density at radius 1 is 1.82 bits per heavy atom. The minimum Gasteiger partial charge on any atom is -0.395 e.